The standard InChI is InChI=1S/2C11H25N4O.5C2H3N.4CHF3O3S.2Co/c2*1-10(11(2,3)16)14-6-9-15(7-4-12)8-5-13;5*1-2-3;4*2-1(3,4)8(5,6)7;;/h2*4-9,12-13H2,1-3H3;5*1H3;4*(H,5,6,7);;/q2*-1;;;;;;;;;;2*+3/p-4. The van der Waals surface area contributed by atoms with Crippen LogP contribution in [0.2, 0.25) is 0 Å². The molecule has 8 N–H and O–H groups in total. The Labute approximate surface area is 485 Å². The topological polar surface area (TPSA) is 529 Å². The summed E-state index contributed by atoms with van der Waals surface area (Å²) in [7, 11) is -24.4. The monoisotopic (exact) mass is 1380 g/mol. The Bertz CT molecular complexity index is 2000. The van der Waals surface area contributed by atoms with Gasteiger partial charge in [-0.3, -0.25) is 19.8 Å². The fourth-order valence-corrected chi connectivity index (χ4v) is 2.50. The summed E-state index contributed by atoms with van der Waals surface area (Å²) in [6, 6.07) is 8.75. The number of aliphatic imine (C=N–C) groups is 2. The van der Waals surface area contributed by atoms with Crippen molar-refractivity contribution in [1.29, 1.82) is 26.3 Å². The molecule has 27 nitrogen and oxygen atoms in total. The first kappa shape index (κ1) is 109. The minimum Gasteiger partial charge on any atom is -0.846 e. The van der Waals surface area contributed by atoms with Gasteiger partial charge in [0.25, 0.3) is 0 Å². The van der Waals surface area contributed by atoms with Crippen molar-refractivity contribution in [2.45, 2.75) is 109 Å². The van der Waals surface area contributed by atoms with Crippen molar-refractivity contribution in [3.8, 4) is 30.3 Å². The SMILES string of the molecule is CC#N.CC#N.CC#N.CC#N.CC#N.CC(=NCCN(CCN)CCN)C(C)(C)[O-].CC(=NCCN(CCN)CCN)C(C)(C)[O-].O=S(=O)([O-])C(F)(F)F.O=S(=O)([O-])C(F)(F)F.O=S(=O)([O-])C(F)(F)F.O=S(=O)([O-])C(F)(F)F.[Co+3].[Co+3]. The van der Waals surface area contributed by atoms with Crippen molar-refractivity contribution in [2.75, 3.05) is 78.5 Å². The smallest absolute Gasteiger partial charge is 0.846 e. The molecule has 0 aliphatic heterocycles. The number of nitriles is 5. The van der Waals surface area contributed by atoms with Crippen LogP contribution < -0.4 is 33.1 Å². The zero-order valence-corrected chi connectivity index (χ0v) is 50.2. The van der Waals surface area contributed by atoms with Crippen molar-refractivity contribution in [3.63, 3.8) is 0 Å². The summed E-state index contributed by atoms with van der Waals surface area (Å²) in [6.45, 7) is 25.9. The van der Waals surface area contributed by atoms with Crippen LogP contribution in [0, 0.1) is 56.7 Å². The molecule has 81 heavy (non-hydrogen) atoms. The number of nitrogens with zero attached hydrogens (tertiary/aromatic N) is 9. The van der Waals surface area contributed by atoms with Crippen molar-refractivity contribution in [3.05, 3.63) is 0 Å². The summed E-state index contributed by atoms with van der Waals surface area (Å²) in [5.41, 5.74) is -1.48. The number of hydrogen-bond acceptors (Lipinski definition) is 27. The van der Waals surface area contributed by atoms with Gasteiger partial charge in [-0.2, -0.15) is 79.0 Å². The van der Waals surface area contributed by atoms with Gasteiger partial charge in [0.1, 0.15) is 0 Å². The molecule has 0 saturated carbocycles. The molecule has 0 atom stereocenters. The average molecular weight is 1380 g/mol. The summed E-state index contributed by atoms with van der Waals surface area (Å²) < 4.78 is 236. The summed E-state index contributed by atoms with van der Waals surface area (Å²) in [5, 5.41) is 59.7. The van der Waals surface area contributed by atoms with E-state index < -0.39 is 73.7 Å². The Balaban J connectivity index is -0.0000000602. The van der Waals surface area contributed by atoms with E-state index in [9.17, 15) is 62.9 Å². The van der Waals surface area contributed by atoms with E-state index in [1.807, 2.05) is 0 Å². The molecule has 45 heteroatoms. The fraction of sp³-hybridized carbons (Fsp3) is 0.806. The van der Waals surface area contributed by atoms with Gasteiger partial charge >= 0.3 is 55.6 Å². The van der Waals surface area contributed by atoms with E-state index in [4.69, 9.17) is 101 Å². The van der Waals surface area contributed by atoms with Gasteiger partial charge in [-0.1, -0.05) is 38.9 Å². The molecule has 0 aromatic heterocycles. The number of alkyl halides is 12. The fourth-order valence-electron chi connectivity index (χ4n) is 2.50. The second-order valence-electron chi connectivity index (χ2n) is 13.5. The summed E-state index contributed by atoms with van der Waals surface area (Å²) >= 11 is 0. The molecular formula is C36H65Co2F12N13O14S4. The third-order valence-corrected chi connectivity index (χ3v) is 8.46. The second kappa shape index (κ2) is 56.7. The minimum atomic E-state index is -6.09. The zero-order valence-electron chi connectivity index (χ0n) is 44.9. The number of nitrogens with two attached hydrogens (primary N) is 4. The average Bonchev–Trinajstić information content (AvgIpc) is 3.20. The Morgan fingerprint density at radius 1 is 0.407 bits per heavy atom. The molecule has 0 amide bonds. The van der Waals surface area contributed by atoms with E-state index in [2.05, 4.69) is 19.8 Å². The van der Waals surface area contributed by atoms with E-state index in [0.29, 0.717) is 50.7 Å². The largest absolute Gasteiger partial charge is 3.00 e. The van der Waals surface area contributed by atoms with Gasteiger partial charge in [0.15, 0.2) is 40.5 Å². The Kier molecular flexibility index (Phi) is 76.2. The normalized spacial score (nSPS) is 11.4. The van der Waals surface area contributed by atoms with Crippen LogP contribution in [0.15, 0.2) is 9.98 Å². The number of rotatable bonds is 16. The molecule has 0 aromatic carbocycles. The quantitative estimate of drug-likeness (QED) is 0.0706. The van der Waals surface area contributed by atoms with Crippen LogP contribution in [-0.2, 0) is 74.0 Å². The van der Waals surface area contributed by atoms with Crippen molar-refractivity contribution < 1.29 is 148 Å². The maximum atomic E-state index is 11.5. The summed E-state index contributed by atoms with van der Waals surface area (Å²) in [5.74, 6) is 0. The molecule has 0 aliphatic rings. The third-order valence-electron chi connectivity index (χ3n) is 6.19. The maximum Gasteiger partial charge on any atom is 3.00 e. The first-order valence-corrected chi connectivity index (χ1v) is 25.9. The summed E-state index contributed by atoms with van der Waals surface area (Å²) in [6.07, 6.45) is 0. The van der Waals surface area contributed by atoms with Crippen molar-refractivity contribution in [1.82, 2.24) is 9.80 Å². The van der Waals surface area contributed by atoms with E-state index in [1.165, 1.54) is 34.6 Å². The Morgan fingerprint density at radius 2 is 0.519 bits per heavy atom. The van der Waals surface area contributed by atoms with Crippen LogP contribution in [0.25, 0.3) is 0 Å². The minimum absolute atomic E-state index is 0. The van der Waals surface area contributed by atoms with Crippen LogP contribution in [0.1, 0.15) is 76.2 Å². The van der Waals surface area contributed by atoms with Gasteiger partial charge in [-0.05, 0) is 25.3 Å². The zero-order chi connectivity index (χ0) is 66.7. The first-order valence-electron chi connectivity index (χ1n) is 20.2. The summed E-state index contributed by atoms with van der Waals surface area (Å²) in [4.78, 5) is 12.9. The molecule has 0 aliphatic carbocycles. The Hall–Kier alpha value is -3.72. The molecule has 0 spiro atoms. The van der Waals surface area contributed by atoms with Gasteiger partial charge in [0.2, 0.25) is 0 Å². The molecule has 0 heterocycles. The molecule has 0 fully saturated rings. The van der Waals surface area contributed by atoms with Gasteiger partial charge in [0.05, 0.1) is 43.4 Å². The van der Waals surface area contributed by atoms with Crippen molar-refractivity contribution in [2.24, 2.45) is 32.9 Å². The van der Waals surface area contributed by atoms with Gasteiger partial charge in [0, 0.05) is 100 Å². The third kappa shape index (κ3) is 90.3. The van der Waals surface area contributed by atoms with E-state index in [-0.39, 0.29) is 33.6 Å². The van der Waals surface area contributed by atoms with E-state index >= 15 is 0 Å². The Morgan fingerprint density at radius 3 is 0.593 bits per heavy atom. The van der Waals surface area contributed by atoms with Gasteiger partial charge in [-0.15, -0.1) is 0 Å². The maximum absolute atomic E-state index is 11.5. The number of hydrogen-bond donors (Lipinski definition) is 4. The van der Waals surface area contributed by atoms with Gasteiger partial charge < -0.3 is 51.4 Å². The van der Waals surface area contributed by atoms with Crippen molar-refractivity contribution >= 4 is 51.9 Å². The predicted molar refractivity (Wildman–Crippen MR) is 253 cm³/mol. The number of halogens is 12. The van der Waals surface area contributed by atoms with E-state index in [1.54, 1.807) is 71.9 Å². The van der Waals surface area contributed by atoms with Crippen LogP contribution in [0.3, 0.4) is 0 Å². The van der Waals surface area contributed by atoms with Crippen LogP contribution in [0.5, 0.6) is 0 Å². The molecule has 0 unspecified atom stereocenters. The second-order valence-corrected chi connectivity index (χ2v) is 19.0. The molecule has 0 saturated heterocycles. The molecule has 484 valence electrons. The molecule has 0 aromatic rings. The van der Waals surface area contributed by atoms with Crippen LogP contribution >= 0.6 is 0 Å². The molecule has 0 bridgehead atoms. The molecule has 0 rings (SSSR count). The van der Waals surface area contributed by atoms with Gasteiger partial charge in [-0.25, -0.2) is 33.7 Å². The van der Waals surface area contributed by atoms with Crippen LogP contribution in [-0.4, -0.2) is 185 Å². The first-order chi connectivity index (χ1) is 34.9. The molecular weight excluding hydrogens is 1310 g/mol. The van der Waals surface area contributed by atoms with E-state index in [0.717, 1.165) is 39.3 Å². The predicted octanol–water partition coefficient (Wildman–Crippen LogP) is 0.461. The molecule has 0 radical (unpaired) electrons. The van der Waals surface area contributed by atoms with Crippen LogP contribution in [0.4, 0.5) is 52.7 Å².